The Bertz CT molecular complexity index is 638. The first-order valence-electron chi connectivity index (χ1n) is 9.98. The third kappa shape index (κ3) is 6.21. The molecule has 1 rings (SSSR count). The number of likely N-dealkylation sites (tertiary alicyclic amines) is 1. The zero-order valence-corrected chi connectivity index (χ0v) is 21.2. The van der Waals surface area contributed by atoms with Crippen LogP contribution >= 0.6 is 11.6 Å². The summed E-state index contributed by atoms with van der Waals surface area (Å²) >= 11 is 5.97. The molecule has 8 heteroatoms. The van der Waals surface area contributed by atoms with Gasteiger partial charge in [0.2, 0.25) is 0 Å². The maximum Gasteiger partial charge on any atom is 0.411 e. The van der Waals surface area contributed by atoms with Crippen molar-refractivity contribution in [2.24, 2.45) is 0 Å². The summed E-state index contributed by atoms with van der Waals surface area (Å²) in [5.74, 6) is -0.315. The number of methoxy groups -OCH3 is 1. The normalized spacial score (nSPS) is 23.1. The Morgan fingerprint density at radius 2 is 1.76 bits per heavy atom. The Kier molecular flexibility index (Phi) is 8.05. The number of hydrogen-bond donors (Lipinski definition) is 0. The van der Waals surface area contributed by atoms with E-state index in [1.807, 2.05) is 0 Å². The molecule has 0 unspecified atom stereocenters. The van der Waals surface area contributed by atoms with Gasteiger partial charge in [-0.3, -0.25) is 4.90 Å². The van der Waals surface area contributed by atoms with E-state index < -0.39 is 31.5 Å². The minimum absolute atomic E-state index is 0.000000433. The number of carbonyl (C=O) groups excluding carboxylic acids is 2. The second kappa shape index (κ2) is 8.98. The van der Waals surface area contributed by atoms with Crippen molar-refractivity contribution in [1.29, 1.82) is 0 Å². The second-order valence-corrected chi connectivity index (χ2v) is 15.4. The molecule has 6 nitrogen and oxygen atoms in total. The average molecular weight is 448 g/mol. The molecule has 0 saturated carbocycles. The van der Waals surface area contributed by atoms with E-state index in [1.54, 1.807) is 20.8 Å². The fourth-order valence-electron chi connectivity index (χ4n) is 3.25. The van der Waals surface area contributed by atoms with Gasteiger partial charge in [-0.15, -0.1) is 11.6 Å². The fourth-order valence-corrected chi connectivity index (χ4v) is 4.69. The number of nitrogens with zero attached hydrogens (tertiary/aromatic N) is 1. The highest BCUT2D eigenvalue weighted by Gasteiger charge is 2.57. The predicted octanol–water partition coefficient (Wildman–Crippen LogP) is 5.11. The molecule has 1 aliphatic rings. The number of esters is 1. The molecule has 1 saturated heterocycles. The van der Waals surface area contributed by atoms with Crippen molar-refractivity contribution in [3.05, 3.63) is 12.2 Å². The zero-order valence-electron chi connectivity index (χ0n) is 19.5. The van der Waals surface area contributed by atoms with Crippen LogP contribution in [0.1, 0.15) is 54.4 Å². The van der Waals surface area contributed by atoms with Gasteiger partial charge in [-0.05, 0) is 38.9 Å². The molecule has 0 aromatic rings. The van der Waals surface area contributed by atoms with Crippen LogP contribution in [0.2, 0.25) is 18.1 Å². The molecule has 1 amide bonds. The van der Waals surface area contributed by atoms with Gasteiger partial charge in [0.25, 0.3) is 0 Å². The number of ether oxygens (including phenoxy) is 2. The van der Waals surface area contributed by atoms with Crippen molar-refractivity contribution in [2.75, 3.05) is 19.5 Å². The molecule has 0 aromatic carbocycles. The molecule has 0 aliphatic carbocycles. The van der Waals surface area contributed by atoms with Crippen LogP contribution in [0.5, 0.6) is 0 Å². The first-order valence-corrected chi connectivity index (χ1v) is 13.4. The van der Waals surface area contributed by atoms with Crippen LogP contribution in [-0.2, 0) is 18.7 Å². The average Bonchev–Trinajstić information content (AvgIpc) is 2.89. The van der Waals surface area contributed by atoms with Crippen molar-refractivity contribution < 1.29 is 23.5 Å². The number of hydrogen-bond acceptors (Lipinski definition) is 5. The lowest BCUT2D eigenvalue weighted by Gasteiger charge is -2.38. The second-order valence-electron chi connectivity index (χ2n) is 10.4. The third-order valence-electron chi connectivity index (χ3n) is 5.65. The van der Waals surface area contributed by atoms with Gasteiger partial charge in [-0.1, -0.05) is 32.9 Å². The van der Waals surface area contributed by atoms with Gasteiger partial charge in [0.05, 0.1) is 19.8 Å². The lowest BCUT2D eigenvalue weighted by molar-refractivity contribution is -0.153. The van der Waals surface area contributed by atoms with E-state index in [1.165, 1.54) is 12.0 Å². The smallest absolute Gasteiger partial charge is 0.411 e. The lowest BCUT2D eigenvalue weighted by atomic mass is 9.88. The van der Waals surface area contributed by atoms with E-state index in [0.29, 0.717) is 12.0 Å². The van der Waals surface area contributed by atoms with Gasteiger partial charge in [-0.25, -0.2) is 9.59 Å². The molecule has 168 valence electrons. The molecular formula is C21H38ClNO5Si. The SMILES string of the molecule is C=C(CCl)C[C@]1(C(=O)OC)C[C@@H](O[Si](C)(C)C(C)(C)C)CN1C(=O)OC(C)(C)C. The number of rotatable bonds is 6. The molecular weight excluding hydrogens is 410 g/mol. The van der Waals surface area contributed by atoms with Crippen LogP contribution in [0.4, 0.5) is 4.79 Å². The van der Waals surface area contributed by atoms with E-state index >= 15 is 0 Å². The van der Waals surface area contributed by atoms with Crippen molar-refractivity contribution in [3.8, 4) is 0 Å². The molecule has 0 N–H and O–H groups in total. The Balaban J connectivity index is 3.35. The summed E-state index contributed by atoms with van der Waals surface area (Å²) in [5, 5.41) is -0.000000433. The van der Waals surface area contributed by atoms with Gasteiger partial charge in [0, 0.05) is 18.7 Å². The number of amides is 1. The quantitative estimate of drug-likeness (QED) is 0.245. The number of halogens is 1. The van der Waals surface area contributed by atoms with E-state index in [-0.39, 0.29) is 30.0 Å². The minimum Gasteiger partial charge on any atom is -0.467 e. The molecule has 1 heterocycles. The standard InChI is InChI=1S/C21H38ClNO5Si/c1-15(13-22)11-21(17(24)26-8)12-16(28-29(9,10)20(5,6)7)14-23(21)18(25)27-19(2,3)4/h16H,1,11-14H2,2-10H3/t16-,21-/m1/s1. The molecule has 0 radical (unpaired) electrons. The van der Waals surface area contributed by atoms with Crippen molar-refractivity contribution >= 4 is 32.0 Å². The molecule has 1 aliphatic heterocycles. The van der Waals surface area contributed by atoms with Crippen LogP contribution < -0.4 is 0 Å². The van der Waals surface area contributed by atoms with Gasteiger partial charge >= 0.3 is 12.1 Å². The summed E-state index contributed by atoms with van der Waals surface area (Å²) in [6, 6.07) is 0. The Morgan fingerprint density at radius 3 is 2.17 bits per heavy atom. The highest BCUT2D eigenvalue weighted by Crippen LogP contribution is 2.43. The highest BCUT2D eigenvalue weighted by atomic mass is 35.5. The highest BCUT2D eigenvalue weighted by molar-refractivity contribution is 6.74. The molecule has 29 heavy (non-hydrogen) atoms. The van der Waals surface area contributed by atoms with Crippen molar-refractivity contribution in [1.82, 2.24) is 4.90 Å². The number of carbonyl (C=O) groups is 2. The van der Waals surface area contributed by atoms with Crippen LogP contribution in [-0.4, -0.2) is 62.1 Å². The first-order chi connectivity index (χ1) is 13.0. The summed E-state index contributed by atoms with van der Waals surface area (Å²) in [5.41, 5.74) is -1.28. The van der Waals surface area contributed by atoms with E-state index in [0.717, 1.165) is 0 Å². The Hall–Kier alpha value is -1.05. The summed E-state index contributed by atoms with van der Waals surface area (Å²) in [6.45, 7) is 20.4. The molecule has 0 aromatic heterocycles. The molecule has 0 spiro atoms. The number of alkyl halides is 1. The van der Waals surface area contributed by atoms with Crippen LogP contribution in [0.15, 0.2) is 12.2 Å². The van der Waals surface area contributed by atoms with Crippen molar-refractivity contribution in [3.63, 3.8) is 0 Å². The fraction of sp³-hybridized carbons (Fsp3) is 0.810. The topological polar surface area (TPSA) is 65.1 Å². The predicted molar refractivity (Wildman–Crippen MR) is 119 cm³/mol. The van der Waals surface area contributed by atoms with Crippen molar-refractivity contribution in [2.45, 2.75) is 89.8 Å². The van der Waals surface area contributed by atoms with Gasteiger partial charge < -0.3 is 13.9 Å². The Labute approximate surface area is 182 Å². The molecule has 1 fully saturated rings. The molecule has 2 atom stereocenters. The van der Waals surface area contributed by atoms with E-state index in [2.05, 4.69) is 40.4 Å². The largest absolute Gasteiger partial charge is 0.467 e. The summed E-state index contributed by atoms with van der Waals surface area (Å²) in [6.07, 6.45) is -0.335. The first kappa shape index (κ1) is 26.0. The van der Waals surface area contributed by atoms with Crippen LogP contribution in [0.3, 0.4) is 0 Å². The van der Waals surface area contributed by atoms with E-state index in [9.17, 15) is 9.59 Å². The van der Waals surface area contributed by atoms with Gasteiger partial charge in [0.15, 0.2) is 8.32 Å². The third-order valence-corrected chi connectivity index (χ3v) is 10.6. The summed E-state index contributed by atoms with van der Waals surface area (Å²) in [7, 11) is -0.794. The lowest BCUT2D eigenvalue weighted by Crippen LogP contribution is -2.55. The monoisotopic (exact) mass is 447 g/mol. The molecule has 0 bridgehead atoms. The van der Waals surface area contributed by atoms with Crippen LogP contribution in [0.25, 0.3) is 0 Å². The maximum absolute atomic E-state index is 13.1. The Morgan fingerprint density at radius 1 is 1.21 bits per heavy atom. The van der Waals surface area contributed by atoms with Crippen LogP contribution in [0, 0.1) is 0 Å². The maximum atomic E-state index is 13.1. The zero-order chi connectivity index (χ0) is 22.8. The van der Waals surface area contributed by atoms with Gasteiger partial charge in [-0.2, -0.15) is 0 Å². The summed E-state index contributed by atoms with van der Waals surface area (Å²) < 4.78 is 17.3. The van der Waals surface area contributed by atoms with Gasteiger partial charge in [0.1, 0.15) is 11.1 Å². The summed E-state index contributed by atoms with van der Waals surface area (Å²) in [4.78, 5) is 27.5. The van der Waals surface area contributed by atoms with E-state index in [4.69, 9.17) is 25.5 Å². The minimum atomic E-state index is -2.12.